The number of nitrogens with one attached hydrogen (secondary N) is 2. The lowest BCUT2D eigenvalue weighted by Crippen LogP contribution is -2.26. The molecule has 6 nitrogen and oxygen atoms in total. The summed E-state index contributed by atoms with van der Waals surface area (Å²) in [5.41, 5.74) is 5.42. The summed E-state index contributed by atoms with van der Waals surface area (Å²) in [6, 6.07) is 26.2. The monoisotopic (exact) mass is 444 g/mol. The molecule has 0 heterocycles. The van der Waals surface area contributed by atoms with Gasteiger partial charge in [-0.15, -0.1) is 0 Å². The summed E-state index contributed by atoms with van der Waals surface area (Å²) >= 11 is 0. The summed E-state index contributed by atoms with van der Waals surface area (Å²) in [5, 5.41) is 2.85. The Hall–Kier alpha value is -3.93. The lowest BCUT2D eigenvalue weighted by Gasteiger charge is -2.07. The fourth-order valence-corrected chi connectivity index (χ4v) is 3.31. The number of benzene rings is 3. The average molecular weight is 445 g/mol. The number of carbonyl (C=O) groups excluding carboxylic acids is 3. The van der Waals surface area contributed by atoms with Crippen molar-refractivity contribution in [2.24, 2.45) is 0 Å². The van der Waals surface area contributed by atoms with Crippen LogP contribution in [0.4, 0.5) is 5.69 Å². The van der Waals surface area contributed by atoms with E-state index < -0.39 is 5.97 Å². The van der Waals surface area contributed by atoms with Gasteiger partial charge in [-0.1, -0.05) is 73.5 Å². The second kappa shape index (κ2) is 12.8. The molecule has 33 heavy (non-hydrogen) atoms. The third kappa shape index (κ3) is 8.26. The quantitative estimate of drug-likeness (QED) is 0.318. The summed E-state index contributed by atoms with van der Waals surface area (Å²) in [6.07, 6.45) is 3.80. The van der Waals surface area contributed by atoms with Crippen LogP contribution in [0.25, 0.3) is 11.1 Å². The minimum atomic E-state index is -0.604. The van der Waals surface area contributed by atoms with Gasteiger partial charge in [-0.05, 0) is 48.2 Å². The maximum absolute atomic E-state index is 12.1. The highest BCUT2D eigenvalue weighted by Crippen LogP contribution is 2.19. The van der Waals surface area contributed by atoms with E-state index in [1.54, 1.807) is 12.1 Å². The highest BCUT2D eigenvalue weighted by molar-refractivity contribution is 5.91. The maximum Gasteiger partial charge on any atom is 0.362 e. The molecule has 0 spiro atoms. The van der Waals surface area contributed by atoms with Gasteiger partial charge in [0.15, 0.2) is 0 Å². The number of hydrogen-bond acceptors (Lipinski definition) is 4. The molecule has 0 aliphatic heterocycles. The van der Waals surface area contributed by atoms with E-state index in [0.717, 1.165) is 36.1 Å². The first kappa shape index (κ1) is 23.7. The molecule has 0 saturated carbocycles. The van der Waals surface area contributed by atoms with Gasteiger partial charge in [0.1, 0.15) is 0 Å². The van der Waals surface area contributed by atoms with E-state index in [4.69, 9.17) is 4.84 Å². The second-order valence-corrected chi connectivity index (χ2v) is 7.69. The zero-order chi connectivity index (χ0) is 23.3. The number of unbranched alkanes of at least 4 members (excludes halogenated alkanes) is 3. The van der Waals surface area contributed by atoms with Crippen molar-refractivity contribution in [3.63, 3.8) is 0 Å². The number of amides is 2. The van der Waals surface area contributed by atoms with E-state index in [0.29, 0.717) is 18.4 Å². The van der Waals surface area contributed by atoms with Crippen LogP contribution in [0, 0.1) is 0 Å². The molecule has 0 unspecified atom stereocenters. The zero-order valence-corrected chi connectivity index (χ0v) is 18.5. The Morgan fingerprint density at radius 2 is 1.15 bits per heavy atom. The minimum absolute atomic E-state index is 0.0114. The first-order chi connectivity index (χ1) is 16.1. The van der Waals surface area contributed by atoms with Crippen molar-refractivity contribution < 1.29 is 19.2 Å². The number of para-hydroxylation sites is 1. The number of hydroxylamine groups is 1. The Bertz CT molecular complexity index is 1030. The van der Waals surface area contributed by atoms with Crippen LogP contribution in [-0.2, 0) is 14.4 Å². The molecule has 6 heteroatoms. The van der Waals surface area contributed by atoms with Crippen molar-refractivity contribution in [3.8, 4) is 11.1 Å². The lowest BCUT2D eigenvalue weighted by atomic mass is 10.0. The summed E-state index contributed by atoms with van der Waals surface area (Å²) in [7, 11) is 0. The molecule has 0 atom stereocenters. The Morgan fingerprint density at radius 1 is 0.606 bits per heavy atom. The molecule has 3 rings (SSSR count). The van der Waals surface area contributed by atoms with Crippen molar-refractivity contribution in [3.05, 3.63) is 90.5 Å². The molecule has 0 aromatic heterocycles. The van der Waals surface area contributed by atoms with Gasteiger partial charge in [-0.2, -0.15) is 5.48 Å². The van der Waals surface area contributed by atoms with Crippen molar-refractivity contribution in [1.29, 1.82) is 0 Å². The fraction of sp³-hybridized carbons (Fsp3) is 0.222. The van der Waals surface area contributed by atoms with Gasteiger partial charge >= 0.3 is 5.97 Å². The van der Waals surface area contributed by atoms with E-state index in [1.807, 2.05) is 72.8 Å². The van der Waals surface area contributed by atoms with Gasteiger partial charge in [-0.3, -0.25) is 9.59 Å². The van der Waals surface area contributed by atoms with E-state index in [9.17, 15) is 14.4 Å². The number of rotatable bonds is 10. The van der Waals surface area contributed by atoms with Crippen molar-refractivity contribution in [2.75, 3.05) is 5.32 Å². The van der Waals surface area contributed by atoms with Crippen LogP contribution in [0.1, 0.15) is 48.9 Å². The average Bonchev–Trinajstić information content (AvgIpc) is 2.86. The summed E-state index contributed by atoms with van der Waals surface area (Å²) in [5.74, 6) is -0.957. The van der Waals surface area contributed by atoms with Gasteiger partial charge in [0, 0.05) is 18.5 Å². The molecule has 0 aliphatic rings. The van der Waals surface area contributed by atoms with E-state index in [-0.39, 0.29) is 18.2 Å². The standard InChI is InChI=1S/C27H28N2O4/c30-25(28-24-13-7-4-8-14-24)15-9-1-2-10-16-26(31)29-33-27(32)23-19-17-22(18-20-23)21-11-5-3-6-12-21/h3-8,11-14,17-20H,1-2,9-10,15-16H2,(H,28,30)(H,29,31). The number of hydrogen-bond donors (Lipinski definition) is 2. The molecular weight excluding hydrogens is 416 g/mol. The molecule has 170 valence electrons. The molecule has 2 N–H and O–H groups in total. The van der Waals surface area contributed by atoms with E-state index in [1.165, 1.54) is 0 Å². The van der Waals surface area contributed by atoms with Gasteiger partial charge in [-0.25, -0.2) is 4.79 Å². The Balaban J connectivity index is 1.26. The normalized spacial score (nSPS) is 10.3. The van der Waals surface area contributed by atoms with Crippen molar-refractivity contribution >= 4 is 23.5 Å². The number of carbonyl (C=O) groups is 3. The zero-order valence-electron chi connectivity index (χ0n) is 18.5. The first-order valence-electron chi connectivity index (χ1n) is 11.1. The highest BCUT2D eigenvalue weighted by atomic mass is 16.7. The second-order valence-electron chi connectivity index (χ2n) is 7.69. The number of anilines is 1. The molecule has 3 aromatic carbocycles. The van der Waals surface area contributed by atoms with Crippen LogP contribution in [0.3, 0.4) is 0 Å². The molecule has 2 amide bonds. The smallest absolute Gasteiger partial charge is 0.335 e. The highest BCUT2D eigenvalue weighted by Gasteiger charge is 2.10. The van der Waals surface area contributed by atoms with Crippen LogP contribution >= 0.6 is 0 Å². The van der Waals surface area contributed by atoms with E-state index in [2.05, 4.69) is 10.8 Å². The molecule has 0 saturated heterocycles. The van der Waals surface area contributed by atoms with Gasteiger partial charge in [0.25, 0.3) is 5.91 Å². The first-order valence-corrected chi connectivity index (χ1v) is 11.1. The summed E-state index contributed by atoms with van der Waals surface area (Å²) in [6.45, 7) is 0. The van der Waals surface area contributed by atoms with E-state index >= 15 is 0 Å². The van der Waals surface area contributed by atoms with Gasteiger partial charge < -0.3 is 10.2 Å². The molecule has 3 aromatic rings. The Labute approximate surface area is 193 Å². The van der Waals surface area contributed by atoms with Gasteiger partial charge in [0.05, 0.1) is 5.56 Å². The predicted molar refractivity (Wildman–Crippen MR) is 128 cm³/mol. The third-order valence-corrected chi connectivity index (χ3v) is 5.10. The minimum Gasteiger partial charge on any atom is -0.335 e. The van der Waals surface area contributed by atoms with Crippen LogP contribution in [0.5, 0.6) is 0 Å². The summed E-state index contributed by atoms with van der Waals surface area (Å²) in [4.78, 5) is 40.8. The Morgan fingerprint density at radius 3 is 1.79 bits per heavy atom. The Kier molecular flexibility index (Phi) is 9.21. The molecule has 0 aliphatic carbocycles. The maximum atomic E-state index is 12.1. The largest absolute Gasteiger partial charge is 0.362 e. The molecule has 0 radical (unpaired) electrons. The summed E-state index contributed by atoms with van der Waals surface area (Å²) < 4.78 is 0. The van der Waals surface area contributed by atoms with Crippen LogP contribution in [0.15, 0.2) is 84.9 Å². The molecule has 0 bridgehead atoms. The van der Waals surface area contributed by atoms with Gasteiger partial charge in [0.2, 0.25) is 5.91 Å². The van der Waals surface area contributed by atoms with Crippen LogP contribution in [0.2, 0.25) is 0 Å². The molecule has 0 fully saturated rings. The van der Waals surface area contributed by atoms with Crippen LogP contribution < -0.4 is 10.8 Å². The van der Waals surface area contributed by atoms with Crippen LogP contribution in [-0.4, -0.2) is 17.8 Å². The topological polar surface area (TPSA) is 84.5 Å². The third-order valence-electron chi connectivity index (χ3n) is 5.10. The fourth-order valence-electron chi connectivity index (χ4n) is 3.31. The SMILES string of the molecule is O=C(CCCCCCC(=O)Nc1ccccc1)NOC(=O)c1ccc(-c2ccccc2)cc1. The van der Waals surface area contributed by atoms with Crippen molar-refractivity contribution in [1.82, 2.24) is 5.48 Å². The lowest BCUT2D eigenvalue weighted by molar-refractivity contribution is -0.130. The molecular formula is C27H28N2O4. The van der Waals surface area contributed by atoms with Crippen molar-refractivity contribution in [2.45, 2.75) is 38.5 Å². The predicted octanol–water partition coefficient (Wildman–Crippen LogP) is 5.52.